The van der Waals surface area contributed by atoms with Gasteiger partial charge in [0.15, 0.2) is 0 Å². The van der Waals surface area contributed by atoms with Crippen molar-refractivity contribution >= 4 is 27.6 Å². The smallest absolute Gasteiger partial charge is 0.289 e. The molecule has 2 amide bonds. The first-order valence-electron chi connectivity index (χ1n) is 11.8. The highest BCUT2D eigenvalue weighted by Crippen LogP contribution is 2.14. The van der Waals surface area contributed by atoms with Gasteiger partial charge in [0.1, 0.15) is 12.1 Å². The average Bonchev–Trinajstić information content (AvgIpc) is 2.82. The van der Waals surface area contributed by atoms with Gasteiger partial charge in [0.2, 0.25) is 21.7 Å². The largest absolute Gasteiger partial charge is 0.349 e. The van der Waals surface area contributed by atoms with Gasteiger partial charge in [-0.05, 0) is 54.9 Å². The fourth-order valence-electron chi connectivity index (χ4n) is 3.94. The normalized spacial score (nSPS) is 18.2. The van der Waals surface area contributed by atoms with Crippen molar-refractivity contribution < 1.29 is 22.8 Å². The van der Waals surface area contributed by atoms with Crippen LogP contribution in [0.1, 0.15) is 44.2 Å². The lowest BCUT2D eigenvalue weighted by atomic mass is 9.98. The van der Waals surface area contributed by atoms with Gasteiger partial charge in [0.25, 0.3) is 5.91 Å². The Labute approximate surface area is 206 Å². The van der Waals surface area contributed by atoms with Gasteiger partial charge >= 0.3 is 0 Å². The zero-order valence-electron chi connectivity index (χ0n) is 20.0. The molecule has 10 heteroatoms. The zero-order chi connectivity index (χ0) is 25.4. The number of aromatic nitrogens is 1. The summed E-state index contributed by atoms with van der Waals surface area (Å²) in [6.07, 6.45) is 5.99. The molecule has 2 unspecified atom stereocenters. The lowest BCUT2D eigenvalue weighted by molar-refractivity contribution is -0.140. The van der Waals surface area contributed by atoms with Crippen LogP contribution < -0.4 is 15.4 Å². The molecular formula is C25H32N4O5S. The molecule has 0 radical (unpaired) electrons. The van der Waals surface area contributed by atoms with Gasteiger partial charge < -0.3 is 10.6 Å². The topological polar surface area (TPSA) is 134 Å². The summed E-state index contributed by atoms with van der Waals surface area (Å²) in [4.78, 5) is 43.0. The number of pyridine rings is 1. The van der Waals surface area contributed by atoms with Crippen LogP contribution >= 0.6 is 0 Å². The van der Waals surface area contributed by atoms with Crippen molar-refractivity contribution in [2.24, 2.45) is 5.92 Å². The van der Waals surface area contributed by atoms with Crippen LogP contribution in [0.2, 0.25) is 0 Å². The molecule has 0 aliphatic carbocycles. The molecule has 0 saturated carbocycles. The number of rotatable bonds is 7. The van der Waals surface area contributed by atoms with Gasteiger partial charge in [-0.1, -0.05) is 38.1 Å². The van der Waals surface area contributed by atoms with E-state index in [0.29, 0.717) is 18.5 Å². The molecule has 1 aromatic carbocycles. The second-order valence-corrected chi connectivity index (χ2v) is 10.9. The number of fused-ring (bicyclic) bond motifs is 2. The van der Waals surface area contributed by atoms with E-state index in [4.69, 9.17) is 0 Å². The highest BCUT2D eigenvalue weighted by molar-refractivity contribution is 7.89. The molecule has 2 bridgehead atoms. The van der Waals surface area contributed by atoms with Crippen molar-refractivity contribution in [3.63, 3.8) is 0 Å². The lowest BCUT2D eigenvalue weighted by Crippen LogP contribution is -2.54. The second-order valence-electron chi connectivity index (χ2n) is 9.16. The summed E-state index contributed by atoms with van der Waals surface area (Å²) in [5, 5.41) is 5.25. The number of sulfonamides is 1. The van der Waals surface area contributed by atoms with E-state index < -0.39 is 39.7 Å². The highest BCUT2D eigenvalue weighted by Gasteiger charge is 2.32. The number of aryl methyl sites for hydroxylation is 1. The molecule has 2 heterocycles. The summed E-state index contributed by atoms with van der Waals surface area (Å²) in [6, 6.07) is 7.40. The molecule has 0 spiro atoms. The van der Waals surface area contributed by atoms with Crippen molar-refractivity contribution in [2.75, 3.05) is 6.54 Å². The molecular weight excluding hydrogens is 468 g/mol. The van der Waals surface area contributed by atoms with E-state index in [1.54, 1.807) is 30.6 Å². The van der Waals surface area contributed by atoms with E-state index >= 15 is 0 Å². The number of amides is 2. The van der Waals surface area contributed by atoms with Crippen molar-refractivity contribution in [1.82, 2.24) is 20.3 Å². The summed E-state index contributed by atoms with van der Waals surface area (Å²) in [5.74, 6) is -2.23. The Morgan fingerprint density at radius 3 is 2.54 bits per heavy atom. The number of ketones is 1. The van der Waals surface area contributed by atoms with E-state index in [0.717, 1.165) is 18.4 Å². The Morgan fingerprint density at radius 2 is 1.83 bits per heavy atom. The van der Waals surface area contributed by atoms with E-state index in [-0.39, 0.29) is 23.7 Å². The van der Waals surface area contributed by atoms with Gasteiger partial charge in [-0.25, -0.2) is 8.42 Å². The maximum atomic E-state index is 13.3. The number of nitrogens with zero attached hydrogens (tertiary/aromatic N) is 1. The molecule has 1 aromatic heterocycles. The monoisotopic (exact) mass is 500 g/mol. The fraction of sp³-hybridized carbons (Fsp3) is 0.440. The third-order valence-corrected chi connectivity index (χ3v) is 7.19. The van der Waals surface area contributed by atoms with Gasteiger partial charge in [0, 0.05) is 25.4 Å². The summed E-state index contributed by atoms with van der Waals surface area (Å²) < 4.78 is 28.2. The fourth-order valence-corrected chi connectivity index (χ4v) is 5.17. The Hall–Kier alpha value is -3.11. The predicted octanol–water partition coefficient (Wildman–Crippen LogP) is 1.52. The van der Waals surface area contributed by atoms with E-state index in [2.05, 4.69) is 20.3 Å². The summed E-state index contributed by atoms with van der Waals surface area (Å²) in [7, 11) is -3.98. The van der Waals surface area contributed by atoms with Crippen LogP contribution in [-0.4, -0.2) is 49.6 Å². The molecule has 188 valence electrons. The maximum absolute atomic E-state index is 13.3. The van der Waals surface area contributed by atoms with Crippen molar-refractivity contribution in [1.29, 1.82) is 0 Å². The first-order chi connectivity index (χ1) is 16.7. The van der Waals surface area contributed by atoms with Crippen molar-refractivity contribution in [3.8, 4) is 0 Å². The number of carbonyl (C=O) groups excluding carboxylic acids is 3. The SMILES string of the molecule is CC(C)CC(NS(=O)(=O)c1ccccc1)C(=O)NC1Cc2cncc(c2)CCCCNC(=O)C1=O. The van der Waals surface area contributed by atoms with Crippen LogP contribution in [0.25, 0.3) is 0 Å². The second kappa shape index (κ2) is 12.0. The minimum absolute atomic E-state index is 0.0135. The Bertz CT molecular complexity index is 1150. The number of hydrogen-bond acceptors (Lipinski definition) is 6. The van der Waals surface area contributed by atoms with Gasteiger partial charge in [-0.15, -0.1) is 0 Å². The number of Topliss-reactive ketones (excluding diaryl/α,β-unsaturated/α-hetero) is 1. The minimum Gasteiger partial charge on any atom is -0.349 e. The molecule has 3 rings (SSSR count). The molecule has 1 aliphatic heterocycles. The zero-order valence-corrected chi connectivity index (χ0v) is 20.8. The molecule has 0 saturated heterocycles. The van der Waals surface area contributed by atoms with E-state index in [9.17, 15) is 22.8 Å². The van der Waals surface area contributed by atoms with Crippen LogP contribution in [0, 0.1) is 5.92 Å². The minimum atomic E-state index is -3.98. The lowest BCUT2D eigenvalue weighted by Gasteiger charge is -2.24. The predicted molar refractivity (Wildman–Crippen MR) is 131 cm³/mol. The van der Waals surface area contributed by atoms with Gasteiger partial charge in [0.05, 0.1) is 4.90 Å². The summed E-state index contributed by atoms with van der Waals surface area (Å²) in [6.45, 7) is 4.08. The van der Waals surface area contributed by atoms with Crippen LogP contribution in [-0.2, 0) is 37.2 Å². The van der Waals surface area contributed by atoms with Crippen LogP contribution in [0.4, 0.5) is 0 Å². The molecule has 2 atom stereocenters. The average molecular weight is 501 g/mol. The Kier molecular flexibility index (Phi) is 9.11. The standard InChI is InChI=1S/C25H32N4O5S/c1-17(2)12-22(29-35(33,34)20-9-4-3-5-10-20)24(31)28-21-14-19-13-18(15-26-16-19)8-6-7-11-27-25(32)23(21)30/h3-5,9-10,13,15-17,21-22,29H,6-8,11-12,14H2,1-2H3,(H,27,32)(H,28,31). The summed E-state index contributed by atoms with van der Waals surface area (Å²) >= 11 is 0. The highest BCUT2D eigenvalue weighted by atomic mass is 32.2. The first kappa shape index (κ1) is 26.5. The van der Waals surface area contributed by atoms with Crippen LogP contribution in [0.15, 0.2) is 53.7 Å². The molecule has 0 fully saturated rings. The summed E-state index contributed by atoms with van der Waals surface area (Å²) in [5.41, 5.74) is 1.72. The molecule has 2 aromatic rings. The molecule has 35 heavy (non-hydrogen) atoms. The molecule has 3 N–H and O–H groups in total. The number of hydrogen-bond donors (Lipinski definition) is 3. The quantitative estimate of drug-likeness (QED) is 0.494. The van der Waals surface area contributed by atoms with E-state index in [1.165, 1.54) is 12.1 Å². The Morgan fingerprint density at radius 1 is 1.11 bits per heavy atom. The van der Waals surface area contributed by atoms with Gasteiger partial charge in [-0.3, -0.25) is 19.4 Å². The molecule has 1 aliphatic rings. The van der Waals surface area contributed by atoms with Crippen molar-refractivity contribution in [3.05, 3.63) is 59.9 Å². The third kappa shape index (κ3) is 7.69. The number of carbonyl (C=O) groups is 3. The van der Waals surface area contributed by atoms with Crippen LogP contribution in [0.3, 0.4) is 0 Å². The number of benzene rings is 1. The van der Waals surface area contributed by atoms with Crippen LogP contribution in [0.5, 0.6) is 0 Å². The molecule has 9 nitrogen and oxygen atoms in total. The maximum Gasteiger partial charge on any atom is 0.289 e. The number of nitrogens with one attached hydrogen (secondary N) is 3. The first-order valence-corrected chi connectivity index (χ1v) is 13.3. The van der Waals surface area contributed by atoms with E-state index in [1.807, 2.05) is 19.9 Å². The van der Waals surface area contributed by atoms with Crippen molar-refractivity contribution in [2.45, 2.75) is 62.9 Å². The Balaban J connectivity index is 1.85. The third-order valence-electron chi connectivity index (χ3n) is 5.70. The van der Waals surface area contributed by atoms with Gasteiger partial charge in [-0.2, -0.15) is 4.72 Å².